The molecule has 1 N–H and O–H groups in total. The van der Waals surface area contributed by atoms with Crippen molar-refractivity contribution in [2.45, 2.75) is 19.5 Å². The third-order valence-corrected chi connectivity index (χ3v) is 2.25. The van der Waals surface area contributed by atoms with Gasteiger partial charge in [0, 0.05) is 0 Å². The average Bonchev–Trinajstić information content (AvgIpc) is 2.36. The maximum absolute atomic E-state index is 12.8. The van der Waals surface area contributed by atoms with Gasteiger partial charge in [0.05, 0.1) is 17.7 Å². The maximum atomic E-state index is 12.8. The Labute approximate surface area is 114 Å². The molecule has 1 heterocycles. The largest absolute Gasteiger partial charge is 0.478 e. The van der Waals surface area contributed by atoms with E-state index in [-0.39, 0.29) is 12.7 Å². The molecule has 1 aromatic heterocycles. The van der Waals surface area contributed by atoms with Crippen LogP contribution in [0.5, 0.6) is 0 Å². The van der Waals surface area contributed by atoms with Gasteiger partial charge in [0.1, 0.15) is 5.69 Å². The third kappa shape index (κ3) is 3.64. The molecule has 21 heavy (non-hydrogen) atoms. The summed E-state index contributed by atoms with van der Waals surface area (Å²) in [7, 11) is 0. The molecule has 0 fully saturated rings. The van der Waals surface area contributed by atoms with E-state index in [4.69, 9.17) is 5.11 Å². The normalized spacial score (nSPS) is 11.6. The van der Waals surface area contributed by atoms with Crippen LogP contribution in [0.3, 0.4) is 0 Å². The minimum atomic E-state index is -5.22. The molecule has 0 aliphatic carbocycles. The number of carbonyl (C=O) groups excluding carboxylic acids is 1. The molecule has 0 aliphatic heterocycles. The second kappa shape index (κ2) is 6.02. The highest BCUT2D eigenvalue weighted by Gasteiger charge is 2.40. The first-order valence-electron chi connectivity index (χ1n) is 5.40. The van der Waals surface area contributed by atoms with Crippen molar-refractivity contribution in [2.75, 3.05) is 6.61 Å². The van der Waals surface area contributed by atoms with Gasteiger partial charge in [-0.05, 0) is 13.0 Å². The smallest absolute Gasteiger partial charge is 0.434 e. The molecule has 1 rings (SSSR count). The van der Waals surface area contributed by atoms with E-state index in [0.29, 0.717) is 0 Å². The van der Waals surface area contributed by atoms with Crippen molar-refractivity contribution >= 4 is 11.9 Å². The number of alkyl halides is 5. The number of ether oxygens (including phenoxy) is 1. The van der Waals surface area contributed by atoms with Gasteiger partial charge >= 0.3 is 18.1 Å². The summed E-state index contributed by atoms with van der Waals surface area (Å²) in [5.74, 6) is -3.43. The number of hydrogen-bond donors (Lipinski definition) is 1. The fourth-order valence-electron chi connectivity index (χ4n) is 1.45. The number of carboxylic acids is 1. The van der Waals surface area contributed by atoms with Crippen LogP contribution in [0.25, 0.3) is 0 Å². The molecule has 116 valence electrons. The standard InChI is InChI=1S/C11H8F5NO4/c1-2-21-10(20)5-3-4(9(18)19)6(8(12)13)17-7(5)11(14,15)16/h3,8H,2H2,1H3,(H,18,19). The summed E-state index contributed by atoms with van der Waals surface area (Å²) in [5, 5.41) is 8.74. The molecule has 0 spiro atoms. The van der Waals surface area contributed by atoms with Gasteiger partial charge in [-0.1, -0.05) is 0 Å². The number of pyridine rings is 1. The molecule has 5 nitrogen and oxygen atoms in total. The molecule has 0 amide bonds. The zero-order valence-electron chi connectivity index (χ0n) is 10.4. The Balaban J connectivity index is 3.64. The van der Waals surface area contributed by atoms with Crippen molar-refractivity contribution in [1.29, 1.82) is 0 Å². The number of hydrogen-bond acceptors (Lipinski definition) is 4. The van der Waals surface area contributed by atoms with Gasteiger partial charge in [-0.2, -0.15) is 13.2 Å². The van der Waals surface area contributed by atoms with Crippen molar-refractivity contribution < 1.29 is 41.4 Å². The Morgan fingerprint density at radius 1 is 1.33 bits per heavy atom. The van der Waals surface area contributed by atoms with Crippen molar-refractivity contribution in [2.24, 2.45) is 0 Å². The quantitative estimate of drug-likeness (QED) is 0.683. The predicted octanol–water partition coefficient (Wildman–Crippen LogP) is 2.91. The topological polar surface area (TPSA) is 76.5 Å². The van der Waals surface area contributed by atoms with E-state index < -0.39 is 47.1 Å². The van der Waals surface area contributed by atoms with Crippen LogP contribution < -0.4 is 0 Å². The lowest BCUT2D eigenvalue weighted by Gasteiger charge is -2.14. The molecule has 0 saturated carbocycles. The lowest BCUT2D eigenvalue weighted by Crippen LogP contribution is -2.21. The Morgan fingerprint density at radius 3 is 2.29 bits per heavy atom. The van der Waals surface area contributed by atoms with E-state index in [1.165, 1.54) is 6.92 Å². The molecular formula is C11H8F5NO4. The number of halogens is 5. The van der Waals surface area contributed by atoms with Crippen molar-refractivity contribution in [3.8, 4) is 0 Å². The number of carboxylic acid groups (broad SMARTS) is 1. The van der Waals surface area contributed by atoms with Crippen molar-refractivity contribution in [3.63, 3.8) is 0 Å². The first-order chi connectivity index (χ1) is 9.59. The van der Waals surface area contributed by atoms with Crippen LogP contribution in [0.4, 0.5) is 22.0 Å². The minimum Gasteiger partial charge on any atom is -0.478 e. The lowest BCUT2D eigenvalue weighted by atomic mass is 10.1. The van der Waals surface area contributed by atoms with Crippen LogP contribution >= 0.6 is 0 Å². The highest BCUT2D eigenvalue weighted by Crippen LogP contribution is 2.34. The van der Waals surface area contributed by atoms with E-state index in [9.17, 15) is 31.5 Å². The summed E-state index contributed by atoms with van der Waals surface area (Å²) in [6.07, 6.45) is -8.77. The molecule has 0 bridgehead atoms. The summed E-state index contributed by atoms with van der Waals surface area (Å²) in [5.41, 5.74) is -5.91. The zero-order chi connectivity index (χ0) is 16.4. The SMILES string of the molecule is CCOC(=O)c1cc(C(=O)O)c(C(F)F)nc1C(F)(F)F. The van der Waals surface area contributed by atoms with Gasteiger partial charge < -0.3 is 9.84 Å². The number of esters is 1. The Bertz CT molecular complexity index is 570. The summed E-state index contributed by atoms with van der Waals surface area (Å²) in [4.78, 5) is 24.9. The number of aromatic carboxylic acids is 1. The second-order valence-electron chi connectivity index (χ2n) is 3.64. The number of aromatic nitrogens is 1. The fraction of sp³-hybridized carbons (Fsp3) is 0.364. The van der Waals surface area contributed by atoms with Crippen LogP contribution in [-0.2, 0) is 10.9 Å². The van der Waals surface area contributed by atoms with Crippen LogP contribution in [0.1, 0.15) is 45.5 Å². The molecule has 0 aliphatic rings. The number of nitrogens with zero attached hydrogens (tertiary/aromatic N) is 1. The lowest BCUT2D eigenvalue weighted by molar-refractivity contribution is -0.142. The molecule has 0 saturated heterocycles. The molecule has 10 heteroatoms. The van der Waals surface area contributed by atoms with Gasteiger partial charge in [0.2, 0.25) is 0 Å². The summed E-state index contributed by atoms with van der Waals surface area (Å²) in [6, 6.07) is 0.192. The molecule has 0 radical (unpaired) electrons. The van der Waals surface area contributed by atoms with Crippen molar-refractivity contribution in [3.05, 3.63) is 28.6 Å². The molecule has 0 atom stereocenters. The molecular weight excluding hydrogens is 305 g/mol. The average molecular weight is 313 g/mol. The summed E-state index contributed by atoms with van der Waals surface area (Å²) >= 11 is 0. The monoisotopic (exact) mass is 313 g/mol. The molecule has 1 aromatic rings. The highest BCUT2D eigenvalue weighted by molar-refractivity contribution is 5.96. The number of rotatable bonds is 4. The molecule has 0 unspecified atom stereocenters. The first kappa shape index (κ1) is 16.8. The van der Waals surface area contributed by atoms with E-state index in [1.807, 2.05) is 0 Å². The Hall–Kier alpha value is -2.26. The first-order valence-corrected chi connectivity index (χ1v) is 5.40. The van der Waals surface area contributed by atoms with Gasteiger partial charge in [-0.15, -0.1) is 0 Å². The third-order valence-electron chi connectivity index (χ3n) is 2.25. The fourth-order valence-corrected chi connectivity index (χ4v) is 1.45. The van der Waals surface area contributed by atoms with Crippen molar-refractivity contribution in [1.82, 2.24) is 4.98 Å². The minimum absolute atomic E-state index is 0.192. The van der Waals surface area contributed by atoms with Crippen LogP contribution in [-0.4, -0.2) is 28.6 Å². The van der Waals surface area contributed by atoms with Gasteiger partial charge in [-0.25, -0.2) is 23.4 Å². The van der Waals surface area contributed by atoms with Crippen LogP contribution in [0.2, 0.25) is 0 Å². The maximum Gasteiger partial charge on any atom is 0.434 e. The van der Waals surface area contributed by atoms with Crippen LogP contribution in [0, 0.1) is 0 Å². The summed E-state index contributed by atoms with van der Waals surface area (Å²) in [6.45, 7) is 1.03. The number of carbonyl (C=O) groups is 2. The predicted molar refractivity (Wildman–Crippen MR) is 57.1 cm³/mol. The van der Waals surface area contributed by atoms with Crippen LogP contribution in [0.15, 0.2) is 6.07 Å². The van der Waals surface area contributed by atoms with E-state index in [1.54, 1.807) is 0 Å². The van der Waals surface area contributed by atoms with Gasteiger partial charge in [0.25, 0.3) is 6.43 Å². The summed E-state index contributed by atoms with van der Waals surface area (Å²) < 4.78 is 67.9. The van der Waals surface area contributed by atoms with Gasteiger partial charge in [-0.3, -0.25) is 0 Å². The second-order valence-corrected chi connectivity index (χ2v) is 3.64. The Morgan fingerprint density at radius 2 is 1.90 bits per heavy atom. The van der Waals surface area contributed by atoms with Gasteiger partial charge in [0.15, 0.2) is 5.69 Å². The highest BCUT2D eigenvalue weighted by atomic mass is 19.4. The molecule has 0 aromatic carbocycles. The zero-order valence-corrected chi connectivity index (χ0v) is 10.4. The Kier molecular flexibility index (Phi) is 4.81. The van der Waals surface area contributed by atoms with E-state index in [2.05, 4.69) is 9.72 Å². The van der Waals surface area contributed by atoms with E-state index in [0.717, 1.165) is 0 Å². The van der Waals surface area contributed by atoms with E-state index >= 15 is 0 Å².